The molecule has 1 atom stereocenters. The average Bonchev–Trinajstić information content (AvgIpc) is 2.44. The molecule has 0 aromatic heterocycles. The van der Waals surface area contributed by atoms with Gasteiger partial charge in [0.1, 0.15) is 0 Å². The molecule has 0 bridgehead atoms. The van der Waals surface area contributed by atoms with Crippen molar-refractivity contribution in [3.63, 3.8) is 0 Å². The molecule has 0 aliphatic rings. The number of rotatable bonds is 13. The predicted molar refractivity (Wildman–Crippen MR) is 89.1 cm³/mol. The van der Waals surface area contributed by atoms with E-state index in [9.17, 15) is 9.59 Å². The molecule has 0 aromatic carbocycles. The average molecular weight is 309 g/mol. The van der Waals surface area contributed by atoms with Crippen LogP contribution in [0.5, 0.6) is 0 Å². The summed E-state index contributed by atoms with van der Waals surface area (Å²) in [4.78, 5) is 23.0. The summed E-state index contributed by atoms with van der Waals surface area (Å²) in [5, 5.41) is 11.7. The zero-order valence-corrected chi connectivity index (χ0v) is 13.3. The Morgan fingerprint density at radius 3 is 1.76 bits per heavy atom. The van der Waals surface area contributed by atoms with E-state index in [1.807, 2.05) is 0 Å². The Bertz CT molecular complexity index is 297. The Labute approximate surface area is 151 Å². The van der Waals surface area contributed by atoms with Crippen molar-refractivity contribution in [2.75, 3.05) is 7.05 Å². The maximum atomic E-state index is 11.9. The number of carbonyl (C=O) groups is 2. The summed E-state index contributed by atoms with van der Waals surface area (Å²) in [5.41, 5.74) is -1.43. The van der Waals surface area contributed by atoms with Crippen LogP contribution in [-0.4, -0.2) is 59.0 Å². The summed E-state index contributed by atoms with van der Waals surface area (Å²) in [6, 6.07) is 0. The van der Waals surface area contributed by atoms with Crippen LogP contribution in [0, 0.1) is 0 Å². The first-order chi connectivity index (χ1) is 9.49. The van der Waals surface area contributed by atoms with E-state index in [-0.39, 0.29) is 35.3 Å². The second kappa shape index (κ2) is 13.7. The van der Waals surface area contributed by atoms with Crippen molar-refractivity contribution in [1.29, 1.82) is 0 Å². The second-order valence-electron chi connectivity index (χ2n) is 5.68. The molecule has 0 amide bonds. The van der Waals surface area contributed by atoms with Gasteiger partial charge in [0.25, 0.3) is 0 Å². The molecule has 0 aliphatic heterocycles. The quantitative estimate of drug-likeness (QED) is 0.312. The van der Waals surface area contributed by atoms with Gasteiger partial charge in [0, 0.05) is 6.42 Å². The van der Waals surface area contributed by atoms with E-state index >= 15 is 0 Å². The van der Waals surface area contributed by atoms with Crippen molar-refractivity contribution in [1.82, 2.24) is 5.32 Å². The number of likely N-dealkylation sites (N-methyl/N-ethyl adjacent to an activating group) is 1. The first kappa shape index (κ1) is 23.4. The molecule has 0 saturated carbocycles. The summed E-state index contributed by atoms with van der Waals surface area (Å²) >= 11 is 0. The fourth-order valence-corrected chi connectivity index (χ4v) is 2.21. The van der Waals surface area contributed by atoms with Gasteiger partial charge in [-0.15, -0.1) is 0 Å². The van der Waals surface area contributed by atoms with Crippen molar-refractivity contribution >= 4 is 41.3 Å². The molecule has 21 heavy (non-hydrogen) atoms. The number of unbranched alkanes of at least 4 members (excludes halogenated alkanes) is 8. The Morgan fingerprint density at radius 1 is 0.952 bits per heavy atom. The van der Waals surface area contributed by atoms with Crippen LogP contribution in [-0.2, 0) is 9.59 Å². The van der Waals surface area contributed by atoms with Crippen LogP contribution in [0.2, 0.25) is 0 Å². The van der Waals surface area contributed by atoms with Gasteiger partial charge in [0.05, 0.1) is 0 Å². The minimum atomic E-state index is -1.43. The fraction of sp³-hybridized carbons (Fsp3) is 0.875. The molecule has 0 spiro atoms. The summed E-state index contributed by atoms with van der Waals surface area (Å²) in [7, 11) is 1.52. The van der Waals surface area contributed by atoms with E-state index in [2.05, 4.69) is 12.2 Å². The van der Waals surface area contributed by atoms with Gasteiger partial charge in [0.15, 0.2) is 11.3 Å². The maximum absolute atomic E-state index is 11.9. The van der Waals surface area contributed by atoms with E-state index in [1.165, 1.54) is 52.5 Å². The van der Waals surface area contributed by atoms with Gasteiger partial charge in [-0.25, -0.2) is 4.79 Å². The molecule has 0 saturated heterocycles. The molecule has 5 heteroatoms. The van der Waals surface area contributed by atoms with Crippen molar-refractivity contribution in [2.24, 2.45) is 0 Å². The SMILES string of the molecule is CCCCCCCCCCCC(=O)C(C)(NC)C(=O)O.[NaH]. The Kier molecular flexibility index (Phi) is 15.3. The number of carboxylic acid groups (broad SMARTS) is 1. The zero-order valence-electron chi connectivity index (χ0n) is 13.3. The summed E-state index contributed by atoms with van der Waals surface area (Å²) in [5.74, 6) is -1.32. The van der Waals surface area contributed by atoms with Crippen LogP contribution < -0.4 is 5.32 Å². The number of hydrogen-bond donors (Lipinski definition) is 2. The predicted octanol–water partition coefficient (Wildman–Crippen LogP) is 2.89. The monoisotopic (exact) mass is 309 g/mol. The zero-order chi connectivity index (χ0) is 15.4. The topological polar surface area (TPSA) is 66.4 Å². The second-order valence-corrected chi connectivity index (χ2v) is 5.68. The molecule has 1 unspecified atom stereocenters. The molecule has 4 nitrogen and oxygen atoms in total. The Hall–Kier alpha value is 0.100. The number of carboxylic acids is 1. The van der Waals surface area contributed by atoms with Crippen LogP contribution in [0.15, 0.2) is 0 Å². The van der Waals surface area contributed by atoms with Crippen LogP contribution in [0.1, 0.15) is 78.1 Å². The molecule has 0 fully saturated rings. The molecular weight excluding hydrogens is 277 g/mol. The van der Waals surface area contributed by atoms with Crippen LogP contribution in [0.25, 0.3) is 0 Å². The molecule has 120 valence electrons. The van der Waals surface area contributed by atoms with E-state index in [0.29, 0.717) is 6.42 Å². The van der Waals surface area contributed by atoms with Gasteiger partial charge in [0.2, 0.25) is 0 Å². The van der Waals surface area contributed by atoms with Gasteiger partial charge >= 0.3 is 35.5 Å². The fourth-order valence-electron chi connectivity index (χ4n) is 2.21. The van der Waals surface area contributed by atoms with Crippen LogP contribution >= 0.6 is 0 Å². The third-order valence-electron chi connectivity index (χ3n) is 3.99. The van der Waals surface area contributed by atoms with Crippen LogP contribution in [0.4, 0.5) is 0 Å². The number of hydrogen-bond acceptors (Lipinski definition) is 3. The van der Waals surface area contributed by atoms with Gasteiger partial charge in [-0.1, -0.05) is 58.3 Å². The molecule has 0 aromatic rings. The van der Waals surface area contributed by atoms with Crippen molar-refractivity contribution in [2.45, 2.75) is 83.6 Å². The van der Waals surface area contributed by atoms with Crippen molar-refractivity contribution in [3.05, 3.63) is 0 Å². The Morgan fingerprint density at radius 2 is 1.38 bits per heavy atom. The third-order valence-corrected chi connectivity index (χ3v) is 3.99. The number of ketones is 1. The minimum absolute atomic E-state index is 0. The summed E-state index contributed by atoms with van der Waals surface area (Å²) in [6.45, 7) is 3.65. The summed E-state index contributed by atoms with van der Waals surface area (Å²) in [6.07, 6.45) is 11.0. The molecule has 0 rings (SSSR count). The van der Waals surface area contributed by atoms with Gasteiger partial charge in [-0.05, 0) is 20.4 Å². The Balaban J connectivity index is 0. The third kappa shape index (κ3) is 9.67. The van der Waals surface area contributed by atoms with Crippen molar-refractivity contribution < 1.29 is 14.7 Å². The molecule has 0 aliphatic carbocycles. The molecule has 0 radical (unpaired) electrons. The van der Waals surface area contributed by atoms with Gasteiger partial charge < -0.3 is 5.11 Å². The number of Topliss-reactive ketones (excluding diaryl/α,β-unsaturated/α-hetero) is 1. The van der Waals surface area contributed by atoms with E-state index < -0.39 is 11.5 Å². The standard InChI is InChI=1S/C16H31NO3.Na.H/c1-4-5-6-7-8-9-10-11-12-13-14(18)16(2,17-3)15(19)20;;/h17H,4-13H2,1-3H3,(H,19,20);;. The van der Waals surface area contributed by atoms with E-state index in [0.717, 1.165) is 19.3 Å². The molecule has 2 N–H and O–H groups in total. The molecular formula is C16H32NNaO3. The number of carbonyl (C=O) groups excluding carboxylic acids is 1. The van der Waals surface area contributed by atoms with E-state index in [4.69, 9.17) is 5.11 Å². The van der Waals surface area contributed by atoms with Gasteiger partial charge in [-0.2, -0.15) is 0 Å². The summed E-state index contributed by atoms with van der Waals surface area (Å²) < 4.78 is 0. The first-order valence-electron chi connectivity index (χ1n) is 7.94. The normalized spacial score (nSPS) is 13.3. The number of nitrogens with one attached hydrogen (secondary N) is 1. The van der Waals surface area contributed by atoms with Crippen molar-refractivity contribution in [3.8, 4) is 0 Å². The first-order valence-corrected chi connectivity index (χ1v) is 7.94. The molecule has 0 heterocycles. The van der Waals surface area contributed by atoms with E-state index in [1.54, 1.807) is 0 Å². The number of aliphatic carboxylic acids is 1. The van der Waals surface area contributed by atoms with Crippen LogP contribution in [0.3, 0.4) is 0 Å². The van der Waals surface area contributed by atoms with Gasteiger partial charge in [-0.3, -0.25) is 10.1 Å².